The van der Waals surface area contributed by atoms with Crippen LogP contribution in [0.4, 0.5) is 4.79 Å². The first kappa shape index (κ1) is 28.5. The summed E-state index contributed by atoms with van der Waals surface area (Å²) in [5.74, 6) is -4.60. The van der Waals surface area contributed by atoms with Crippen LogP contribution >= 0.6 is 0 Å². The highest BCUT2D eigenvalue weighted by atomic mass is 32.2. The lowest BCUT2D eigenvalue weighted by Gasteiger charge is -2.36. The molecule has 3 rings (SSSR count). The van der Waals surface area contributed by atoms with Crippen molar-refractivity contribution in [2.75, 3.05) is 32.7 Å². The maximum Gasteiger partial charge on any atom is 0.362 e. The number of nitrogens with one attached hydrogen (secondary N) is 3. The van der Waals surface area contributed by atoms with Crippen LogP contribution in [0.2, 0.25) is 0 Å². The monoisotopic (exact) mass is 553 g/mol. The summed E-state index contributed by atoms with van der Waals surface area (Å²) in [6.45, 7) is 1.22. The van der Waals surface area contributed by atoms with Crippen molar-refractivity contribution in [2.24, 2.45) is 5.73 Å². The number of rotatable bonds is 9. The Balaban J connectivity index is 1.60. The Morgan fingerprint density at radius 1 is 1.08 bits per heavy atom. The van der Waals surface area contributed by atoms with Crippen molar-refractivity contribution in [1.29, 1.82) is 0 Å². The van der Waals surface area contributed by atoms with E-state index in [2.05, 4.69) is 16.0 Å². The van der Waals surface area contributed by atoms with Crippen LogP contribution in [0, 0.1) is 0 Å². The van der Waals surface area contributed by atoms with Crippen LogP contribution in [-0.2, 0) is 34.3 Å². The van der Waals surface area contributed by atoms with Crippen molar-refractivity contribution in [3.8, 4) is 0 Å². The minimum absolute atomic E-state index is 0.0309. The molecule has 2 fully saturated rings. The Morgan fingerprint density at radius 2 is 1.74 bits per heavy atom. The predicted molar refractivity (Wildman–Crippen MR) is 128 cm³/mol. The molecule has 2 aliphatic heterocycles. The molecule has 0 spiro atoms. The number of hydrogen-bond donors (Lipinski definition) is 5. The normalized spacial score (nSPS) is 19.4. The predicted octanol–water partition coefficient (Wildman–Crippen LogP) is -3.30. The van der Waals surface area contributed by atoms with Crippen LogP contribution in [0.25, 0.3) is 0 Å². The average molecular weight is 554 g/mol. The zero-order valence-corrected chi connectivity index (χ0v) is 21.0. The number of hydrogen-bond acceptors (Lipinski definition) is 9. The van der Waals surface area contributed by atoms with Gasteiger partial charge in [0.2, 0.25) is 11.8 Å². The summed E-state index contributed by atoms with van der Waals surface area (Å²) in [4.78, 5) is 76.1. The summed E-state index contributed by atoms with van der Waals surface area (Å²) in [7, 11) is -4.75. The molecule has 6 N–H and O–H groups in total. The number of piperazine rings is 1. The van der Waals surface area contributed by atoms with Gasteiger partial charge in [-0.15, -0.1) is 0 Å². The third-order valence-corrected chi connectivity index (χ3v) is 6.80. The molecule has 1 aromatic rings. The van der Waals surface area contributed by atoms with Crippen LogP contribution in [0.5, 0.6) is 0 Å². The van der Waals surface area contributed by atoms with Crippen molar-refractivity contribution in [3.63, 3.8) is 0 Å². The third kappa shape index (κ3) is 6.24. The van der Waals surface area contributed by atoms with Gasteiger partial charge in [-0.25, -0.2) is 9.10 Å². The van der Waals surface area contributed by atoms with Crippen LogP contribution in [-0.4, -0.2) is 107 Å². The Hall–Kier alpha value is -4.09. The van der Waals surface area contributed by atoms with Crippen LogP contribution < -0.4 is 21.7 Å². The van der Waals surface area contributed by atoms with Gasteiger partial charge in [0.15, 0.2) is 0 Å². The zero-order valence-electron chi connectivity index (χ0n) is 20.2. The van der Waals surface area contributed by atoms with Gasteiger partial charge >= 0.3 is 28.1 Å². The van der Waals surface area contributed by atoms with E-state index in [0.717, 1.165) is 0 Å². The minimum Gasteiger partial charge on any atom is -0.341 e. The molecule has 0 radical (unpaired) electrons. The second-order valence-corrected chi connectivity index (χ2v) is 9.73. The van der Waals surface area contributed by atoms with Crippen molar-refractivity contribution < 1.29 is 41.7 Å². The molecular formula is C21H27N7O9S. The molecule has 16 nitrogen and oxygen atoms in total. The van der Waals surface area contributed by atoms with Gasteiger partial charge < -0.3 is 26.6 Å². The molecule has 7 amide bonds. The number of amides is 7. The van der Waals surface area contributed by atoms with E-state index in [4.69, 9.17) is 10.3 Å². The van der Waals surface area contributed by atoms with E-state index in [9.17, 15) is 37.2 Å². The van der Waals surface area contributed by atoms with E-state index in [1.54, 1.807) is 25.1 Å². The number of nitrogens with zero attached hydrogens (tertiary/aromatic N) is 3. The van der Waals surface area contributed by atoms with Crippen LogP contribution in [0.15, 0.2) is 30.3 Å². The quantitative estimate of drug-likeness (QED) is 0.116. The molecule has 2 aliphatic rings. The van der Waals surface area contributed by atoms with Crippen molar-refractivity contribution in [3.05, 3.63) is 35.9 Å². The van der Waals surface area contributed by atoms with Gasteiger partial charge in [0.25, 0.3) is 5.91 Å². The van der Waals surface area contributed by atoms with E-state index in [0.29, 0.717) is 17.0 Å². The molecule has 2 heterocycles. The molecule has 2 unspecified atom stereocenters. The number of benzene rings is 1. The largest absolute Gasteiger partial charge is 0.362 e. The number of nitrogens with two attached hydrogens (primary N) is 1. The minimum atomic E-state index is -4.75. The topological polar surface area (TPSA) is 229 Å². The van der Waals surface area contributed by atoms with Gasteiger partial charge in [-0.05, 0) is 12.5 Å². The summed E-state index contributed by atoms with van der Waals surface area (Å²) >= 11 is 0. The first-order valence-electron chi connectivity index (χ1n) is 11.4. The Bertz CT molecular complexity index is 1240. The SMILES string of the molecule is CCN1CCN(C(=O)NCC(N)C(=O)N[C@@H](C(=O)NC2CN(S(=O)(=O)O)C2=O)c2ccccc2)C(=O)C1=O. The summed E-state index contributed by atoms with van der Waals surface area (Å²) in [5.41, 5.74) is 6.17. The summed E-state index contributed by atoms with van der Waals surface area (Å²) in [6, 6.07) is 3.00. The molecular weight excluding hydrogens is 526 g/mol. The summed E-state index contributed by atoms with van der Waals surface area (Å²) < 4.78 is 31.4. The van der Waals surface area contributed by atoms with Gasteiger partial charge in [-0.1, -0.05) is 30.3 Å². The molecule has 17 heteroatoms. The number of carbonyl (C=O) groups is 6. The maximum atomic E-state index is 12.9. The van der Waals surface area contributed by atoms with Gasteiger partial charge in [0, 0.05) is 26.2 Å². The van der Waals surface area contributed by atoms with Crippen molar-refractivity contribution in [2.45, 2.75) is 25.0 Å². The Morgan fingerprint density at radius 3 is 2.32 bits per heavy atom. The van der Waals surface area contributed by atoms with Crippen LogP contribution in [0.1, 0.15) is 18.5 Å². The highest BCUT2D eigenvalue weighted by Crippen LogP contribution is 2.18. The first-order chi connectivity index (χ1) is 17.8. The van der Waals surface area contributed by atoms with Crippen molar-refractivity contribution >= 4 is 45.9 Å². The van der Waals surface area contributed by atoms with E-state index >= 15 is 0 Å². The number of carbonyl (C=O) groups excluding carboxylic acids is 6. The van der Waals surface area contributed by atoms with Gasteiger partial charge in [-0.3, -0.25) is 33.4 Å². The van der Waals surface area contributed by atoms with Crippen LogP contribution in [0.3, 0.4) is 0 Å². The number of urea groups is 1. The summed E-state index contributed by atoms with van der Waals surface area (Å²) in [5, 5.41) is 7.04. The smallest absolute Gasteiger partial charge is 0.341 e. The molecule has 0 saturated carbocycles. The first-order valence-corrected chi connectivity index (χ1v) is 12.8. The lowest BCUT2D eigenvalue weighted by molar-refractivity contribution is -0.153. The van der Waals surface area contributed by atoms with E-state index in [-0.39, 0.29) is 17.4 Å². The average Bonchev–Trinajstić information content (AvgIpc) is 2.88. The second kappa shape index (κ2) is 11.5. The molecule has 3 atom stereocenters. The third-order valence-electron chi connectivity index (χ3n) is 5.91. The van der Waals surface area contributed by atoms with E-state index < -0.39 is 77.1 Å². The highest BCUT2D eigenvalue weighted by molar-refractivity contribution is 7.84. The molecule has 206 valence electrons. The lowest BCUT2D eigenvalue weighted by atomic mass is 10.0. The fraction of sp³-hybridized carbons (Fsp3) is 0.429. The van der Waals surface area contributed by atoms with Gasteiger partial charge in [0.05, 0.1) is 6.54 Å². The van der Waals surface area contributed by atoms with E-state index in [1.165, 1.54) is 17.0 Å². The highest BCUT2D eigenvalue weighted by Gasteiger charge is 2.45. The molecule has 2 saturated heterocycles. The van der Waals surface area contributed by atoms with Crippen molar-refractivity contribution in [1.82, 2.24) is 30.1 Å². The maximum absolute atomic E-state index is 12.9. The standard InChI is InChI=1S/C21H27N7O9S/c1-2-26-8-9-27(20(33)19(26)32)21(34)23-10-13(22)16(29)25-15(12-6-4-3-5-7-12)17(30)24-14-11-28(18(14)31)38(35,36)37/h3-7,13-15H,2,8-11,22H2,1H3,(H,23,34)(H,24,30)(H,25,29)(H,35,36,37)/t13?,14?,15-/m1/s1. The number of β-lactam (4-membered cyclic amide) rings is 1. The fourth-order valence-electron chi connectivity index (χ4n) is 3.72. The van der Waals surface area contributed by atoms with E-state index in [1.807, 2.05) is 0 Å². The Kier molecular flexibility index (Phi) is 8.64. The fourth-order valence-corrected chi connectivity index (χ4v) is 4.41. The Labute approximate surface area is 217 Å². The second-order valence-electron chi connectivity index (χ2n) is 8.39. The van der Waals surface area contributed by atoms with Gasteiger partial charge in [0.1, 0.15) is 18.1 Å². The molecule has 0 aromatic heterocycles. The molecule has 1 aromatic carbocycles. The number of likely N-dealkylation sites (N-methyl/N-ethyl adjacent to an activating group) is 1. The zero-order chi connectivity index (χ0) is 28.2. The van der Waals surface area contributed by atoms with Gasteiger partial charge in [-0.2, -0.15) is 8.42 Å². The molecule has 38 heavy (non-hydrogen) atoms. The summed E-state index contributed by atoms with van der Waals surface area (Å²) in [6.07, 6.45) is 0. The molecule has 0 bridgehead atoms. The lowest BCUT2D eigenvalue weighted by Crippen LogP contribution is -2.66. The number of imide groups is 1. The molecule has 0 aliphatic carbocycles.